The number of hydrogen-bond acceptors (Lipinski definition) is 5. The summed E-state index contributed by atoms with van der Waals surface area (Å²) in [5, 5.41) is 0. The van der Waals surface area contributed by atoms with Gasteiger partial charge in [-0.05, 0) is 60.4 Å². The van der Waals surface area contributed by atoms with Crippen molar-refractivity contribution in [2.24, 2.45) is 0 Å². The lowest BCUT2D eigenvalue weighted by molar-refractivity contribution is -0.139. The molecule has 0 saturated carbocycles. The van der Waals surface area contributed by atoms with E-state index in [0.29, 0.717) is 0 Å². The Hall–Kier alpha value is -3.60. The molecule has 0 radical (unpaired) electrons. The second-order valence-electron chi connectivity index (χ2n) is 6.66. The van der Waals surface area contributed by atoms with E-state index in [1.807, 2.05) is 24.3 Å². The van der Waals surface area contributed by atoms with Crippen LogP contribution in [0.25, 0.3) is 11.1 Å². The van der Waals surface area contributed by atoms with Gasteiger partial charge in [-0.3, -0.25) is 0 Å². The minimum Gasteiger partial charge on any atom is -0.465 e. The van der Waals surface area contributed by atoms with E-state index in [-0.39, 0.29) is 11.3 Å². The fourth-order valence-corrected chi connectivity index (χ4v) is 3.10. The Kier molecular flexibility index (Phi) is 5.98. The first kappa shape index (κ1) is 20.1. The second-order valence-corrected chi connectivity index (χ2v) is 6.66. The highest BCUT2D eigenvalue weighted by Crippen LogP contribution is 2.29. The van der Waals surface area contributed by atoms with E-state index in [2.05, 4.69) is 32.0 Å². The minimum atomic E-state index is -0.625. The first-order chi connectivity index (χ1) is 14.0. The van der Waals surface area contributed by atoms with Gasteiger partial charge in [0.1, 0.15) is 5.70 Å². The highest BCUT2D eigenvalue weighted by molar-refractivity contribution is 6.05. The Morgan fingerprint density at radius 1 is 0.793 bits per heavy atom. The van der Waals surface area contributed by atoms with Crippen LogP contribution in [-0.2, 0) is 19.1 Å². The maximum absolute atomic E-state index is 12.5. The number of carbonyl (C=O) groups is 2. The van der Waals surface area contributed by atoms with Crippen molar-refractivity contribution in [3.63, 3.8) is 0 Å². The number of allylic oxidation sites excluding steroid dienone is 2. The van der Waals surface area contributed by atoms with E-state index < -0.39 is 11.9 Å². The molecule has 0 bridgehead atoms. The third-order valence-corrected chi connectivity index (χ3v) is 4.87. The van der Waals surface area contributed by atoms with Crippen LogP contribution in [0.5, 0.6) is 0 Å². The van der Waals surface area contributed by atoms with Crippen LogP contribution in [0, 0.1) is 13.8 Å². The maximum atomic E-state index is 12.5. The van der Waals surface area contributed by atoms with Crippen molar-refractivity contribution < 1.29 is 19.1 Å². The smallest absolute Gasteiger partial charge is 0.355 e. The lowest BCUT2D eigenvalue weighted by Crippen LogP contribution is -2.26. The monoisotopic (exact) mass is 389 g/mol. The van der Waals surface area contributed by atoms with Gasteiger partial charge in [0.15, 0.2) is 0 Å². The van der Waals surface area contributed by atoms with Gasteiger partial charge in [0, 0.05) is 11.9 Å². The van der Waals surface area contributed by atoms with Crippen LogP contribution < -0.4 is 4.90 Å². The Morgan fingerprint density at radius 2 is 1.45 bits per heavy atom. The van der Waals surface area contributed by atoms with E-state index >= 15 is 0 Å². The Balaban J connectivity index is 2.04. The second kappa shape index (κ2) is 8.61. The van der Waals surface area contributed by atoms with Gasteiger partial charge in [-0.25, -0.2) is 9.59 Å². The summed E-state index contributed by atoms with van der Waals surface area (Å²) in [6.45, 7) is 4.17. The first-order valence-corrected chi connectivity index (χ1v) is 9.19. The summed E-state index contributed by atoms with van der Waals surface area (Å²) in [7, 11) is 2.56. The molecule has 1 heterocycles. The molecule has 5 nitrogen and oxygen atoms in total. The molecule has 29 heavy (non-hydrogen) atoms. The first-order valence-electron chi connectivity index (χ1n) is 9.19. The highest BCUT2D eigenvalue weighted by atomic mass is 16.5. The summed E-state index contributed by atoms with van der Waals surface area (Å²) in [4.78, 5) is 26.4. The Morgan fingerprint density at radius 3 is 2.07 bits per heavy atom. The number of aryl methyl sites for hydroxylation is 2. The minimum absolute atomic E-state index is 0.100. The average molecular weight is 389 g/mol. The molecule has 0 spiro atoms. The molecular weight excluding hydrogens is 366 g/mol. The van der Waals surface area contributed by atoms with Crippen molar-refractivity contribution in [1.29, 1.82) is 0 Å². The number of nitrogens with zero attached hydrogens (tertiary/aromatic N) is 1. The number of rotatable bonds is 4. The molecule has 0 fully saturated rings. The SMILES string of the molecule is COC(=O)C1=C(C(=O)OC)N(c2ccc(-c3ccc(C)c(C)c3)cc2)C=CC=C1. The lowest BCUT2D eigenvalue weighted by atomic mass is 10.0. The van der Waals surface area contributed by atoms with Gasteiger partial charge in [-0.2, -0.15) is 0 Å². The van der Waals surface area contributed by atoms with Crippen LogP contribution >= 0.6 is 0 Å². The van der Waals surface area contributed by atoms with Crippen molar-refractivity contribution in [3.05, 3.63) is 89.3 Å². The fourth-order valence-electron chi connectivity index (χ4n) is 3.10. The number of hydrogen-bond donors (Lipinski definition) is 0. The van der Waals surface area contributed by atoms with Crippen LogP contribution in [0.4, 0.5) is 5.69 Å². The molecule has 2 aromatic carbocycles. The van der Waals surface area contributed by atoms with Gasteiger partial charge in [0.2, 0.25) is 0 Å². The van der Waals surface area contributed by atoms with E-state index in [1.54, 1.807) is 23.3 Å². The molecule has 0 unspecified atom stereocenters. The molecule has 0 N–H and O–H groups in total. The molecule has 1 aliphatic heterocycles. The van der Waals surface area contributed by atoms with Crippen molar-refractivity contribution >= 4 is 17.6 Å². The van der Waals surface area contributed by atoms with Gasteiger partial charge >= 0.3 is 11.9 Å². The van der Waals surface area contributed by atoms with Gasteiger partial charge < -0.3 is 14.4 Å². The Labute approximate surface area is 170 Å². The van der Waals surface area contributed by atoms with Crippen molar-refractivity contribution in [3.8, 4) is 11.1 Å². The predicted octanol–water partition coefficient (Wildman–Crippen LogP) is 4.46. The summed E-state index contributed by atoms with van der Waals surface area (Å²) in [6.07, 6.45) is 6.68. The molecule has 0 aliphatic carbocycles. The molecule has 148 valence electrons. The molecule has 2 aromatic rings. The zero-order chi connectivity index (χ0) is 21.0. The molecule has 1 aliphatic rings. The standard InChI is InChI=1S/C24H23NO4/c1-16-8-9-19(15-17(16)2)18-10-12-20(13-11-18)25-14-6-5-7-21(23(26)28-3)22(25)24(27)29-4/h5-15H,1-4H3. The largest absolute Gasteiger partial charge is 0.465 e. The predicted molar refractivity (Wildman–Crippen MR) is 113 cm³/mol. The molecule has 0 amide bonds. The Bertz CT molecular complexity index is 1030. The van der Waals surface area contributed by atoms with Crippen LogP contribution in [0.15, 0.2) is 78.2 Å². The molecule has 0 aromatic heterocycles. The summed E-state index contributed by atoms with van der Waals surface area (Å²) in [5.74, 6) is -1.23. The maximum Gasteiger partial charge on any atom is 0.355 e. The number of benzene rings is 2. The summed E-state index contributed by atoms with van der Waals surface area (Å²) in [5.41, 5.74) is 5.60. The van der Waals surface area contributed by atoms with Gasteiger partial charge in [-0.15, -0.1) is 0 Å². The van der Waals surface area contributed by atoms with Gasteiger partial charge in [-0.1, -0.05) is 36.4 Å². The molecular formula is C24H23NO4. The number of anilines is 1. The number of methoxy groups -OCH3 is 2. The quantitative estimate of drug-likeness (QED) is 0.723. The number of ether oxygens (including phenoxy) is 2. The summed E-state index contributed by atoms with van der Waals surface area (Å²) >= 11 is 0. The molecule has 0 atom stereocenters. The molecule has 0 saturated heterocycles. The summed E-state index contributed by atoms with van der Waals surface area (Å²) in [6, 6.07) is 14.1. The third kappa shape index (κ3) is 4.14. The topological polar surface area (TPSA) is 55.8 Å². The zero-order valence-corrected chi connectivity index (χ0v) is 16.9. The molecule has 5 heteroatoms. The van der Waals surface area contributed by atoms with Crippen molar-refractivity contribution in [2.75, 3.05) is 19.1 Å². The fraction of sp³-hybridized carbons (Fsp3) is 0.167. The van der Waals surface area contributed by atoms with Crippen LogP contribution in [0.1, 0.15) is 11.1 Å². The van der Waals surface area contributed by atoms with Crippen LogP contribution in [0.3, 0.4) is 0 Å². The highest BCUT2D eigenvalue weighted by Gasteiger charge is 2.27. The van der Waals surface area contributed by atoms with E-state index in [0.717, 1.165) is 16.8 Å². The van der Waals surface area contributed by atoms with Crippen molar-refractivity contribution in [1.82, 2.24) is 0 Å². The van der Waals surface area contributed by atoms with Crippen LogP contribution in [0.2, 0.25) is 0 Å². The van der Waals surface area contributed by atoms with E-state index in [9.17, 15) is 9.59 Å². The lowest BCUT2D eigenvalue weighted by Gasteiger charge is -2.23. The zero-order valence-electron chi connectivity index (χ0n) is 16.9. The van der Waals surface area contributed by atoms with Gasteiger partial charge in [0.05, 0.1) is 19.8 Å². The third-order valence-electron chi connectivity index (χ3n) is 4.87. The number of carbonyl (C=O) groups excluding carboxylic acids is 2. The molecule has 3 rings (SSSR count). The van der Waals surface area contributed by atoms with Crippen molar-refractivity contribution in [2.45, 2.75) is 13.8 Å². The van der Waals surface area contributed by atoms with Crippen LogP contribution in [-0.4, -0.2) is 26.2 Å². The average Bonchev–Trinajstić information content (AvgIpc) is 2.97. The van der Waals surface area contributed by atoms with E-state index in [1.165, 1.54) is 31.4 Å². The number of esters is 2. The summed E-state index contributed by atoms with van der Waals surface area (Å²) < 4.78 is 9.77. The van der Waals surface area contributed by atoms with E-state index in [4.69, 9.17) is 9.47 Å². The normalized spacial score (nSPS) is 13.3. The van der Waals surface area contributed by atoms with Gasteiger partial charge in [0.25, 0.3) is 0 Å².